The molecule has 7 nitrogen and oxygen atoms in total. The number of likely N-dealkylation sites (tertiary alicyclic amines) is 1. The maximum absolute atomic E-state index is 13.5. The van der Waals surface area contributed by atoms with Gasteiger partial charge in [0.05, 0.1) is 11.7 Å². The molecule has 1 amide bonds. The van der Waals surface area contributed by atoms with Gasteiger partial charge in [0.15, 0.2) is 0 Å². The monoisotopic (exact) mass is 436 g/mol. The number of carbonyl (C=O) groups is 1. The van der Waals surface area contributed by atoms with Crippen molar-refractivity contribution in [1.82, 2.24) is 19.8 Å². The van der Waals surface area contributed by atoms with E-state index < -0.39 is 0 Å². The number of aromatic amines is 1. The van der Waals surface area contributed by atoms with Gasteiger partial charge in [-0.25, -0.2) is 4.98 Å². The Morgan fingerprint density at radius 2 is 2.09 bits per heavy atom. The van der Waals surface area contributed by atoms with Crippen molar-refractivity contribution in [2.24, 2.45) is 0 Å². The van der Waals surface area contributed by atoms with Gasteiger partial charge in [-0.05, 0) is 70.2 Å². The highest BCUT2D eigenvalue weighted by atomic mass is 16.5. The van der Waals surface area contributed by atoms with Crippen LogP contribution in [0.3, 0.4) is 0 Å². The van der Waals surface area contributed by atoms with Crippen molar-refractivity contribution in [3.8, 4) is 5.75 Å². The van der Waals surface area contributed by atoms with Gasteiger partial charge in [0.25, 0.3) is 11.5 Å². The third-order valence-electron chi connectivity index (χ3n) is 7.07. The number of nitrogens with zero attached hydrogens (tertiary/aromatic N) is 3. The Morgan fingerprint density at radius 3 is 2.91 bits per heavy atom. The first kappa shape index (κ1) is 21.2. The maximum Gasteiger partial charge on any atom is 0.254 e. The first-order valence-corrected chi connectivity index (χ1v) is 11.9. The molecular formula is C25H32N4O3. The summed E-state index contributed by atoms with van der Waals surface area (Å²) in [6.07, 6.45) is 4.48. The summed E-state index contributed by atoms with van der Waals surface area (Å²) in [4.78, 5) is 38.6. The molecule has 3 aliphatic rings. The number of amides is 1. The lowest BCUT2D eigenvalue weighted by molar-refractivity contribution is 0.0598. The minimum absolute atomic E-state index is 0.00114. The van der Waals surface area contributed by atoms with Gasteiger partial charge < -0.3 is 14.6 Å². The molecule has 2 aromatic rings. The number of fused-ring (bicyclic) bond motifs is 2. The highest BCUT2D eigenvalue weighted by Gasteiger charge is 2.33. The number of carbonyl (C=O) groups excluding carboxylic acids is 1. The van der Waals surface area contributed by atoms with Crippen LogP contribution in [0.2, 0.25) is 0 Å². The summed E-state index contributed by atoms with van der Waals surface area (Å²) in [5.41, 5.74) is 3.39. The van der Waals surface area contributed by atoms with Gasteiger partial charge in [0.1, 0.15) is 17.7 Å². The van der Waals surface area contributed by atoms with Crippen LogP contribution in [-0.2, 0) is 19.4 Å². The summed E-state index contributed by atoms with van der Waals surface area (Å²) in [5, 5.41) is 0. The minimum atomic E-state index is -0.202. The maximum atomic E-state index is 13.5. The second kappa shape index (κ2) is 8.35. The first-order valence-electron chi connectivity index (χ1n) is 11.9. The smallest absolute Gasteiger partial charge is 0.254 e. The summed E-state index contributed by atoms with van der Waals surface area (Å²) < 4.78 is 5.79. The van der Waals surface area contributed by atoms with Crippen LogP contribution in [0.15, 0.2) is 23.0 Å². The number of benzene rings is 1. The van der Waals surface area contributed by atoms with E-state index in [1.807, 2.05) is 30.0 Å². The Morgan fingerprint density at radius 1 is 1.25 bits per heavy atom. The van der Waals surface area contributed by atoms with Crippen LogP contribution in [0.1, 0.15) is 79.1 Å². The lowest BCUT2D eigenvalue weighted by atomic mass is 9.98. The Hall–Kier alpha value is -2.67. The fraction of sp³-hybridized carbons (Fsp3) is 0.560. The average molecular weight is 437 g/mol. The SMILES string of the molecule is CC(C)N1CCc2c(nc([C@H]3CCCCN3C(=O)c3ccc4c(c3)C[C@H](C)O4)[nH]c2=O)C1. The third kappa shape index (κ3) is 3.83. The van der Waals surface area contributed by atoms with Crippen LogP contribution >= 0.6 is 0 Å². The minimum Gasteiger partial charge on any atom is -0.490 e. The Bertz CT molecular complexity index is 1090. The van der Waals surface area contributed by atoms with E-state index in [2.05, 4.69) is 23.7 Å². The second-order valence-electron chi connectivity index (χ2n) is 9.66. The molecule has 1 aromatic heterocycles. The van der Waals surface area contributed by atoms with E-state index in [4.69, 9.17) is 9.72 Å². The molecule has 5 rings (SSSR count). The van der Waals surface area contributed by atoms with Gasteiger partial charge in [0.2, 0.25) is 0 Å². The predicted molar refractivity (Wildman–Crippen MR) is 122 cm³/mol. The van der Waals surface area contributed by atoms with Crippen LogP contribution in [0.4, 0.5) is 0 Å². The Kier molecular flexibility index (Phi) is 5.53. The summed E-state index contributed by atoms with van der Waals surface area (Å²) in [6, 6.07) is 5.94. The van der Waals surface area contributed by atoms with Gasteiger partial charge in [-0.1, -0.05) is 0 Å². The van der Waals surface area contributed by atoms with E-state index in [0.29, 0.717) is 30.5 Å². The molecule has 0 spiro atoms. The van der Waals surface area contributed by atoms with Crippen LogP contribution in [-0.4, -0.2) is 50.9 Å². The molecule has 0 bridgehead atoms. The zero-order valence-corrected chi connectivity index (χ0v) is 19.2. The zero-order chi connectivity index (χ0) is 22.4. The normalized spacial score (nSPS) is 23.1. The zero-order valence-electron chi connectivity index (χ0n) is 19.2. The molecule has 0 unspecified atom stereocenters. The largest absolute Gasteiger partial charge is 0.490 e. The molecule has 0 saturated carbocycles. The van der Waals surface area contributed by atoms with E-state index in [9.17, 15) is 9.59 Å². The number of H-pyrrole nitrogens is 1. The van der Waals surface area contributed by atoms with Crippen molar-refractivity contribution in [2.75, 3.05) is 13.1 Å². The lowest BCUT2D eigenvalue weighted by Crippen LogP contribution is -2.42. The molecule has 1 saturated heterocycles. The van der Waals surface area contributed by atoms with Gasteiger partial charge in [0, 0.05) is 43.2 Å². The number of piperidine rings is 1. The Labute approximate surface area is 188 Å². The van der Waals surface area contributed by atoms with Crippen LogP contribution in [0.5, 0.6) is 5.75 Å². The van der Waals surface area contributed by atoms with Crippen LogP contribution in [0.25, 0.3) is 0 Å². The fourth-order valence-corrected chi connectivity index (χ4v) is 5.26. The van der Waals surface area contributed by atoms with Crippen molar-refractivity contribution in [3.63, 3.8) is 0 Å². The predicted octanol–water partition coefficient (Wildman–Crippen LogP) is 3.23. The molecule has 2 atom stereocenters. The number of hydrogen-bond donors (Lipinski definition) is 1. The van der Waals surface area contributed by atoms with E-state index in [0.717, 1.165) is 61.2 Å². The third-order valence-corrected chi connectivity index (χ3v) is 7.07. The standard InChI is InChI=1S/C25H32N4O3/c1-15(2)28-11-9-19-20(14-28)26-23(27-24(19)30)21-6-4-5-10-29(21)25(31)17-7-8-22-18(13-17)12-16(3)32-22/h7-8,13,15-16,21H,4-6,9-12,14H2,1-3H3,(H,26,27,30)/t16-,21+/m0/s1. The van der Waals surface area contributed by atoms with E-state index in [1.165, 1.54) is 0 Å². The molecule has 7 heteroatoms. The summed E-state index contributed by atoms with van der Waals surface area (Å²) >= 11 is 0. The molecule has 3 aliphatic heterocycles. The first-order chi connectivity index (χ1) is 15.4. The highest BCUT2D eigenvalue weighted by molar-refractivity contribution is 5.95. The molecule has 0 radical (unpaired) electrons. The van der Waals surface area contributed by atoms with Crippen molar-refractivity contribution in [1.29, 1.82) is 0 Å². The number of ether oxygens (including phenoxy) is 1. The molecular weight excluding hydrogens is 404 g/mol. The topological polar surface area (TPSA) is 78.5 Å². The molecule has 170 valence electrons. The molecule has 0 aliphatic carbocycles. The fourth-order valence-electron chi connectivity index (χ4n) is 5.26. The lowest BCUT2D eigenvalue weighted by Gasteiger charge is -2.36. The molecule has 32 heavy (non-hydrogen) atoms. The van der Waals surface area contributed by atoms with Crippen LogP contribution < -0.4 is 10.3 Å². The van der Waals surface area contributed by atoms with Gasteiger partial charge >= 0.3 is 0 Å². The highest BCUT2D eigenvalue weighted by Crippen LogP contribution is 2.33. The van der Waals surface area contributed by atoms with Crippen molar-refractivity contribution in [2.45, 2.75) is 77.6 Å². The van der Waals surface area contributed by atoms with Crippen molar-refractivity contribution in [3.05, 3.63) is 56.8 Å². The summed E-state index contributed by atoms with van der Waals surface area (Å²) in [7, 11) is 0. The van der Waals surface area contributed by atoms with Crippen molar-refractivity contribution < 1.29 is 9.53 Å². The quantitative estimate of drug-likeness (QED) is 0.799. The van der Waals surface area contributed by atoms with Gasteiger partial charge in [-0.2, -0.15) is 0 Å². The molecule has 1 fully saturated rings. The summed E-state index contributed by atoms with van der Waals surface area (Å²) in [5.74, 6) is 1.51. The van der Waals surface area contributed by atoms with E-state index in [-0.39, 0.29) is 23.6 Å². The summed E-state index contributed by atoms with van der Waals surface area (Å²) in [6.45, 7) is 8.62. The molecule has 1 N–H and O–H groups in total. The van der Waals surface area contributed by atoms with E-state index >= 15 is 0 Å². The Balaban J connectivity index is 1.45. The number of rotatable bonds is 3. The van der Waals surface area contributed by atoms with E-state index in [1.54, 1.807) is 0 Å². The number of aromatic nitrogens is 2. The average Bonchev–Trinajstić information content (AvgIpc) is 3.17. The molecule has 1 aromatic carbocycles. The molecule has 4 heterocycles. The number of hydrogen-bond acceptors (Lipinski definition) is 5. The second-order valence-corrected chi connectivity index (χ2v) is 9.66. The van der Waals surface area contributed by atoms with Gasteiger partial charge in [-0.15, -0.1) is 0 Å². The number of nitrogens with one attached hydrogen (secondary N) is 1. The van der Waals surface area contributed by atoms with Crippen LogP contribution in [0, 0.1) is 0 Å². The van der Waals surface area contributed by atoms with Gasteiger partial charge in [-0.3, -0.25) is 14.5 Å². The van der Waals surface area contributed by atoms with Crippen molar-refractivity contribution >= 4 is 5.91 Å².